The van der Waals surface area contributed by atoms with Crippen molar-refractivity contribution < 1.29 is 19.0 Å². The van der Waals surface area contributed by atoms with Crippen molar-refractivity contribution >= 4 is 24.2 Å². The summed E-state index contributed by atoms with van der Waals surface area (Å²) in [5, 5.41) is 19.6. The average Bonchev–Trinajstić information content (AvgIpc) is 3.14. The van der Waals surface area contributed by atoms with E-state index in [-0.39, 0.29) is 23.1 Å². The topological polar surface area (TPSA) is 43.7 Å². The molecule has 1 heterocycles. The van der Waals surface area contributed by atoms with Crippen LogP contribution < -0.4 is 0 Å². The van der Waals surface area contributed by atoms with E-state index in [0.717, 1.165) is 54.1 Å². The molecular formula is C23H29F2NO2Pb. The van der Waals surface area contributed by atoms with Crippen LogP contribution in [0, 0.1) is 11.6 Å². The first-order valence-corrected chi connectivity index (χ1v) is 15.4. The molecule has 1 fully saturated rings. The molecule has 156 valence electrons. The van der Waals surface area contributed by atoms with Crippen LogP contribution >= 0.6 is 0 Å². The van der Waals surface area contributed by atoms with Crippen LogP contribution in [0.1, 0.15) is 43.2 Å². The van der Waals surface area contributed by atoms with Crippen LogP contribution in [-0.4, -0.2) is 56.5 Å². The fraction of sp³-hybridized carbons (Fsp3) is 0.478. The zero-order valence-corrected chi connectivity index (χ0v) is 20.6. The summed E-state index contributed by atoms with van der Waals surface area (Å²) >= 11 is -0.599. The number of halogens is 2. The molecule has 2 radical (unpaired) electrons. The Bertz CT molecular complexity index is 802. The maximum atomic E-state index is 13.3. The summed E-state index contributed by atoms with van der Waals surface area (Å²) in [5.41, 5.74) is 1.42. The number of rotatable bonds is 10. The SMILES string of the molecule is Oc1ccc(F)cc1CCCCCN1[CH2][Pb][CH](CCCc2cc(F)ccc2O)C1. The molecule has 1 aliphatic heterocycles. The Morgan fingerprint density at radius 2 is 1.48 bits per heavy atom. The Labute approximate surface area is 184 Å². The molecule has 1 saturated heterocycles. The zero-order valence-electron chi connectivity index (χ0n) is 16.7. The first-order chi connectivity index (χ1) is 14.0. The number of phenols is 2. The van der Waals surface area contributed by atoms with E-state index < -0.39 is 24.2 Å². The number of aromatic hydroxyl groups is 2. The molecule has 0 spiro atoms. The van der Waals surface area contributed by atoms with E-state index in [1.807, 2.05) is 0 Å². The van der Waals surface area contributed by atoms with Gasteiger partial charge in [0, 0.05) is 0 Å². The third kappa shape index (κ3) is 7.20. The maximum absolute atomic E-state index is 13.3. The van der Waals surface area contributed by atoms with Crippen molar-refractivity contribution in [2.24, 2.45) is 0 Å². The van der Waals surface area contributed by atoms with Crippen molar-refractivity contribution in [1.29, 1.82) is 0 Å². The van der Waals surface area contributed by atoms with Gasteiger partial charge in [0.1, 0.15) is 0 Å². The van der Waals surface area contributed by atoms with Gasteiger partial charge in [0.15, 0.2) is 0 Å². The molecule has 0 aliphatic carbocycles. The number of hydrogen-bond donors (Lipinski definition) is 2. The summed E-state index contributed by atoms with van der Waals surface area (Å²) in [7, 11) is 0. The van der Waals surface area contributed by atoms with Gasteiger partial charge in [-0.2, -0.15) is 0 Å². The van der Waals surface area contributed by atoms with Gasteiger partial charge in [-0.05, 0) is 0 Å². The van der Waals surface area contributed by atoms with Gasteiger partial charge in [-0.25, -0.2) is 0 Å². The van der Waals surface area contributed by atoms with E-state index in [9.17, 15) is 19.0 Å². The number of nitrogens with zero attached hydrogens (tertiary/aromatic N) is 1. The van der Waals surface area contributed by atoms with Crippen LogP contribution in [0.5, 0.6) is 11.5 Å². The minimum absolute atomic E-state index is 0.189. The van der Waals surface area contributed by atoms with Crippen LogP contribution in [0.15, 0.2) is 36.4 Å². The second-order valence-corrected chi connectivity index (χ2v) is 13.9. The van der Waals surface area contributed by atoms with Gasteiger partial charge in [-0.1, -0.05) is 0 Å². The van der Waals surface area contributed by atoms with Crippen molar-refractivity contribution in [3.8, 4) is 11.5 Å². The fourth-order valence-corrected chi connectivity index (χ4v) is 10.2. The third-order valence-electron chi connectivity index (χ3n) is 5.58. The van der Waals surface area contributed by atoms with Gasteiger partial charge in [0.25, 0.3) is 0 Å². The average molecular weight is 597 g/mol. The Kier molecular flexibility index (Phi) is 8.71. The molecule has 1 aliphatic rings. The standard InChI is InChI=1S/C23H29F2NO2.Pb/c1-26(14-6-2-4-8-18-16-20(24)10-12-22(18)27)15-7-3-5-9-19-17-21(25)11-13-23(19)28;/h6,10-13,16-17,27-28H,1-5,7-9,14-15H2;. The fourth-order valence-electron chi connectivity index (χ4n) is 3.94. The molecule has 2 aromatic carbocycles. The zero-order chi connectivity index (χ0) is 20.6. The number of phenolic OH excluding ortho intramolecular Hbond substituents is 2. The van der Waals surface area contributed by atoms with Gasteiger partial charge in [0.2, 0.25) is 0 Å². The van der Waals surface area contributed by atoms with Crippen LogP contribution in [0.25, 0.3) is 0 Å². The van der Waals surface area contributed by atoms with Crippen molar-refractivity contribution in [3.05, 3.63) is 59.2 Å². The van der Waals surface area contributed by atoms with E-state index >= 15 is 0 Å². The van der Waals surface area contributed by atoms with Gasteiger partial charge in [-0.3, -0.25) is 0 Å². The Hall–Kier alpha value is -1.22. The molecule has 2 N–H and O–H groups in total. The normalized spacial score (nSPS) is 17.1. The first-order valence-electron chi connectivity index (χ1n) is 10.4. The molecule has 0 amide bonds. The molecule has 3 nitrogen and oxygen atoms in total. The summed E-state index contributed by atoms with van der Waals surface area (Å²) in [6.07, 6.45) is 6.86. The quantitative estimate of drug-likeness (QED) is 0.304. The summed E-state index contributed by atoms with van der Waals surface area (Å²) in [5.74, 6) is -0.182. The van der Waals surface area contributed by atoms with Crippen molar-refractivity contribution in [2.45, 2.75) is 48.4 Å². The van der Waals surface area contributed by atoms with Gasteiger partial charge in [0.05, 0.1) is 0 Å². The second-order valence-electron chi connectivity index (χ2n) is 7.89. The second kappa shape index (κ2) is 11.2. The summed E-state index contributed by atoms with van der Waals surface area (Å²) < 4.78 is 28.7. The van der Waals surface area contributed by atoms with E-state index in [1.54, 1.807) is 0 Å². The predicted molar refractivity (Wildman–Crippen MR) is 113 cm³/mol. The Morgan fingerprint density at radius 1 is 0.862 bits per heavy atom. The monoisotopic (exact) mass is 597 g/mol. The Morgan fingerprint density at radius 3 is 2.14 bits per heavy atom. The molecule has 0 bridgehead atoms. The molecule has 1 unspecified atom stereocenters. The van der Waals surface area contributed by atoms with Crippen LogP contribution in [-0.2, 0) is 12.8 Å². The number of aryl methyl sites for hydroxylation is 2. The van der Waals surface area contributed by atoms with Gasteiger partial charge >= 0.3 is 184 Å². The summed E-state index contributed by atoms with van der Waals surface area (Å²) in [6.45, 7) is 2.33. The van der Waals surface area contributed by atoms with E-state index in [4.69, 9.17) is 0 Å². The summed E-state index contributed by atoms with van der Waals surface area (Å²) in [4.78, 5) is 2.59. The molecule has 6 heteroatoms. The van der Waals surface area contributed by atoms with E-state index in [2.05, 4.69) is 4.90 Å². The molecule has 2 aromatic rings. The predicted octanol–water partition coefficient (Wildman–Crippen LogP) is 4.88. The van der Waals surface area contributed by atoms with E-state index in [1.165, 1.54) is 53.5 Å². The minimum atomic E-state index is -0.599. The number of unbranched alkanes of at least 4 members (excludes halogenated alkanes) is 2. The first kappa shape index (κ1) is 22.5. The van der Waals surface area contributed by atoms with Crippen molar-refractivity contribution in [2.75, 3.05) is 17.2 Å². The van der Waals surface area contributed by atoms with Crippen LogP contribution in [0.2, 0.25) is 3.48 Å². The van der Waals surface area contributed by atoms with Crippen LogP contribution in [0.3, 0.4) is 0 Å². The summed E-state index contributed by atoms with van der Waals surface area (Å²) in [6, 6.07) is 8.33. The molecule has 29 heavy (non-hydrogen) atoms. The molecule has 1 atom stereocenters. The molecule has 0 aromatic heterocycles. The van der Waals surface area contributed by atoms with Gasteiger partial charge < -0.3 is 0 Å². The molecular weight excluding hydrogens is 567 g/mol. The number of hydrogen-bond acceptors (Lipinski definition) is 3. The third-order valence-corrected chi connectivity index (χ3v) is 12.1. The van der Waals surface area contributed by atoms with Crippen molar-refractivity contribution in [3.63, 3.8) is 0 Å². The molecule has 0 saturated carbocycles. The number of benzene rings is 2. The van der Waals surface area contributed by atoms with E-state index in [0.29, 0.717) is 5.56 Å². The van der Waals surface area contributed by atoms with Crippen molar-refractivity contribution in [1.82, 2.24) is 4.90 Å². The molecule has 3 rings (SSSR count). The van der Waals surface area contributed by atoms with Gasteiger partial charge in [-0.15, -0.1) is 0 Å². The Balaban J connectivity index is 1.28. The van der Waals surface area contributed by atoms with Crippen LogP contribution in [0.4, 0.5) is 8.78 Å².